The van der Waals surface area contributed by atoms with Crippen molar-refractivity contribution in [2.75, 3.05) is 24.6 Å². The summed E-state index contributed by atoms with van der Waals surface area (Å²) in [5.41, 5.74) is 0. The summed E-state index contributed by atoms with van der Waals surface area (Å²) in [6, 6.07) is 0.422. The predicted octanol–water partition coefficient (Wildman–Crippen LogP) is -0.758. The number of nitrogens with one attached hydrogen (secondary N) is 1. The van der Waals surface area contributed by atoms with Gasteiger partial charge in [0.1, 0.15) is 11.8 Å². The number of sulfone groups is 1. The molecule has 0 bridgehead atoms. The molecule has 76 valence electrons. The molecule has 1 atom stereocenters. The summed E-state index contributed by atoms with van der Waals surface area (Å²) in [4.78, 5) is 1.55. The number of piperidine rings is 1. The van der Waals surface area contributed by atoms with Crippen LogP contribution in [0.2, 0.25) is 0 Å². The van der Waals surface area contributed by atoms with E-state index < -0.39 is 9.84 Å². The molecule has 0 amide bonds. The van der Waals surface area contributed by atoms with Crippen LogP contribution in [0, 0.1) is 0 Å². The van der Waals surface area contributed by atoms with Gasteiger partial charge in [0.25, 0.3) is 0 Å². The van der Waals surface area contributed by atoms with Crippen LogP contribution >= 0.6 is 0 Å². The van der Waals surface area contributed by atoms with E-state index in [4.69, 9.17) is 0 Å². The minimum Gasteiger partial charge on any atom is -0.332 e. The first kappa shape index (κ1) is 9.46. The summed E-state index contributed by atoms with van der Waals surface area (Å²) < 4.78 is 22.5. The van der Waals surface area contributed by atoms with Crippen LogP contribution in [0.15, 0.2) is 0 Å². The Labute approximate surface area is 80.0 Å². The number of quaternary nitrogens is 1. The van der Waals surface area contributed by atoms with Gasteiger partial charge in [0.05, 0.1) is 18.8 Å². The van der Waals surface area contributed by atoms with Gasteiger partial charge in [0, 0.05) is 6.42 Å². The van der Waals surface area contributed by atoms with E-state index in [0.717, 1.165) is 6.42 Å². The van der Waals surface area contributed by atoms with Crippen LogP contribution in [0.3, 0.4) is 0 Å². The lowest BCUT2D eigenvalue weighted by molar-refractivity contribution is -0.926. The van der Waals surface area contributed by atoms with E-state index in [-0.39, 0.29) is 0 Å². The van der Waals surface area contributed by atoms with Crippen LogP contribution in [0.25, 0.3) is 0 Å². The highest BCUT2D eigenvalue weighted by molar-refractivity contribution is 7.91. The number of likely N-dealkylation sites (tertiary alicyclic amines) is 1. The van der Waals surface area contributed by atoms with Gasteiger partial charge in [-0.1, -0.05) is 0 Å². The van der Waals surface area contributed by atoms with E-state index in [1.54, 1.807) is 4.90 Å². The number of rotatable bonds is 1. The quantitative estimate of drug-likeness (QED) is 0.610. The molecule has 2 aliphatic heterocycles. The molecular formula is C9H18NO2S+. The van der Waals surface area contributed by atoms with Crippen LogP contribution in [0.4, 0.5) is 0 Å². The molecule has 2 fully saturated rings. The smallest absolute Gasteiger partial charge is 0.156 e. The van der Waals surface area contributed by atoms with Crippen molar-refractivity contribution in [1.29, 1.82) is 0 Å². The zero-order valence-electron chi connectivity index (χ0n) is 7.96. The van der Waals surface area contributed by atoms with Crippen LogP contribution < -0.4 is 4.90 Å². The van der Waals surface area contributed by atoms with E-state index in [9.17, 15) is 8.42 Å². The van der Waals surface area contributed by atoms with Crippen molar-refractivity contribution in [3.63, 3.8) is 0 Å². The van der Waals surface area contributed by atoms with Crippen molar-refractivity contribution in [2.24, 2.45) is 0 Å². The van der Waals surface area contributed by atoms with Crippen molar-refractivity contribution in [1.82, 2.24) is 0 Å². The molecule has 2 saturated heterocycles. The first-order valence-corrected chi connectivity index (χ1v) is 7.04. The van der Waals surface area contributed by atoms with Gasteiger partial charge in [-0.2, -0.15) is 0 Å². The lowest BCUT2D eigenvalue weighted by Crippen LogP contribution is -3.16. The Hall–Kier alpha value is -0.0900. The molecule has 0 aromatic rings. The third-order valence-electron chi connectivity index (χ3n) is 3.31. The predicted molar refractivity (Wildman–Crippen MR) is 51.6 cm³/mol. The van der Waals surface area contributed by atoms with Crippen molar-refractivity contribution in [3.8, 4) is 0 Å². The van der Waals surface area contributed by atoms with Gasteiger partial charge in [0.15, 0.2) is 9.84 Å². The molecule has 0 aromatic heterocycles. The third kappa shape index (κ3) is 2.23. The molecule has 1 N–H and O–H groups in total. The van der Waals surface area contributed by atoms with Gasteiger partial charge in [-0.25, -0.2) is 8.42 Å². The van der Waals surface area contributed by atoms with Gasteiger partial charge in [0.2, 0.25) is 0 Å². The molecule has 4 heteroatoms. The molecule has 0 saturated carbocycles. The number of hydrogen-bond donors (Lipinski definition) is 1. The van der Waals surface area contributed by atoms with Crippen LogP contribution in [-0.2, 0) is 9.84 Å². The molecule has 0 aliphatic carbocycles. The monoisotopic (exact) mass is 204 g/mol. The molecule has 0 radical (unpaired) electrons. The molecule has 2 aliphatic rings. The highest BCUT2D eigenvalue weighted by Crippen LogP contribution is 2.10. The minimum absolute atomic E-state index is 0.422. The number of hydrogen-bond acceptors (Lipinski definition) is 2. The van der Waals surface area contributed by atoms with E-state index in [0.29, 0.717) is 17.5 Å². The Balaban J connectivity index is 1.95. The Kier molecular flexibility index (Phi) is 2.60. The zero-order chi connectivity index (χ0) is 9.31. The van der Waals surface area contributed by atoms with Gasteiger partial charge < -0.3 is 4.90 Å². The van der Waals surface area contributed by atoms with Gasteiger partial charge >= 0.3 is 0 Å². The average molecular weight is 204 g/mol. The summed E-state index contributed by atoms with van der Waals surface area (Å²) in [6.07, 6.45) is 4.80. The fourth-order valence-electron chi connectivity index (χ4n) is 2.53. The maximum absolute atomic E-state index is 11.3. The lowest BCUT2D eigenvalue weighted by atomic mass is 10.1. The van der Waals surface area contributed by atoms with E-state index in [1.165, 1.54) is 32.4 Å². The van der Waals surface area contributed by atoms with Gasteiger partial charge in [-0.15, -0.1) is 0 Å². The molecule has 2 rings (SSSR count). The summed E-state index contributed by atoms with van der Waals surface area (Å²) >= 11 is 0. The summed E-state index contributed by atoms with van der Waals surface area (Å²) in [5.74, 6) is 0.878. The highest BCUT2D eigenvalue weighted by atomic mass is 32.2. The molecule has 13 heavy (non-hydrogen) atoms. The molecule has 0 unspecified atom stereocenters. The molecular weight excluding hydrogens is 186 g/mol. The molecule has 3 nitrogen and oxygen atoms in total. The van der Waals surface area contributed by atoms with Crippen molar-refractivity contribution < 1.29 is 13.3 Å². The SMILES string of the molecule is O=S1(=O)CC[C@H]([NH+]2CCCCC2)C1. The van der Waals surface area contributed by atoms with Gasteiger partial charge in [-0.3, -0.25) is 0 Å². The highest BCUT2D eigenvalue weighted by Gasteiger charge is 2.35. The van der Waals surface area contributed by atoms with E-state index >= 15 is 0 Å². The summed E-state index contributed by atoms with van der Waals surface area (Å²) in [7, 11) is -2.67. The van der Waals surface area contributed by atoms with Crippen LogP contribution in [0.5, 0.6) is 0 Å². The Bertz CT molecular complexity index is 267. The summed E-state index contributed by atoms with van der Waals surface area (Å²) in [6.45, 7) is 2.39. The van der Waals surface area contributed by atoms with Crippen LogP contribution in [-0.4, -0.2) is 39.1 Å². The fourth-order valence-corrected chi connectivity index (χ4v) is 4.36. The Morgan fingerprint density at radius 1 is 1.08 bits per heavy atom. The Morgan fingerprint density at radius 2 is 1.77 bits per heavy atom. The maximum atomic E-state index is 11.3. The standard InChI is InChI=1S/C9H17NO2S/c11-13(12)7-4-9(8-13)10-5-2-1-3-6-10/h9H,1-8H2/p+1/t9-/m0/s1. The van der Waals surface area contributed by atoms with E-state index in [1.807, 2.05) is 0 Å². The first-order valence-electron chi connectivity index (χ1n) is 5.22. The normalized spacial score (nSPS) is 34.9. The topological polar surface area (TPSA) is 38.6 Å². The second kappa shape index (κ2) is 3.58. The first-order chi connectivity index (χ1) is 6.17. The Morgan fingerprint density at radius 3 is 2.31 bits per heavy atom. The second-order valence-corrected chi connectivity index (χ2v) is 6.55. The van der Waals surface area contributed by atoms with Crippen molar-refractivity contribution >= 4 is 9.84 Å². The third-order valence-corrected chi connectivity index (χ3v) is 5.07. The van der Waals surface area contributed by atoms with Crippen molar-refractivity contribution in [2.45, 2.75) is 31.7 Å². The zero-order valence-corrected chi connectivity index (χ0v) is 8.78. The average Bonchev–Trinajstić information content (AvgIpc) is 2.48. The second-order valence-electron chi connectivity index (χ2n) is 4.32. The summed E-state index contributed by atoms with van der Waals surface area (Å²) in [5, 5.41) is 0. The fraction of sp³-hybridized carbons (Fsp3) is 1.00. The van der Waals surface area contributed by atoms with Crippen LogP contribution in [0.1, 0.15) is 25.7 Å². The largest absolute Gasteiger partial charge is 0.332 e. The maximum Gasteiger partial charge on any atom is 0.156 e. The molecule has 0 spiro atoms. The molecule has 2 heterocycles. The minimum atomic E-state index is -2.67. The van der Waals surface area contributed by atoms with Crippen molar-refractivity contribution in [3.05, 3.63) is 0 Å². The molecule has 0 aromatic carbocycles. The lowest BCUT2D eigenvalue weighted by Gasteiger charge is -2.28. The van der Waals surface area contributed by atoms with E-state index in [2.05, 4.69) is 0 Å². The van der Waals surface area contributed by atoms with Gasteiger partial charge in [-0.05, 0) is 19.3 Å².